The highest BCUT2D eigenvalue weighted by Crippen LogP contribution is 2.22. The van der Waals surface area contributed by atoms with Gasteiger partial charge in [0.2, 0.25) is 0 Å². The summed E-state index contributed by atoms with van der Waals surface area (Å²) >= 11 is 1.57. The van der Waals surface area contributed by atoms with Crippen molar-refractivity contribution in [2.75, 3.05) is 27.2 Å². The molecule has 128 valence electrons. The molecular weight excluding hydrogens is 320 g/mol. The van der Waals surface area contributed by atoms with Gasteiger partial charge in [-0.15, -0.1) is 0 Å². The number of nitrogens with zero attached hydrogens (tertiary/aromatic N) is 4. The molecule has 5 nitrogen and oxygen atoms in total. The van der Waals surface area contributed by atoms with Gasteiger partial charge in [0.1, 0.15) is 0 Å². The number of piperidine rings is 1. The molecule has 3 heterocycles. The molecule has 0 aliphatic carbocycles. The number of thiophene rings is 1. The van der Waals surface area contributed by atoms with Gasteiger partial charge in [0.25, 0.3) is 5.91 Å². The Bertz CT molecular complexity index is 646. The highest BCUT2D eigenvalue weighted by molar-refractivity contribution is 7.08. The van der Waals surface area contributed by atoms with Crippen LogP contribution >= 0.6 is 11.3 Å². The van der Waals surface area contributed by atoms with Crippen LogP contribution in [0.5, 0.6) is 0 Å². The molecule has 3 rings (SSSR count). The second-order valence-corrected chi connectivity index (χ2v) is 7.47. The average Bonchev–Trinajstić information content (AvgIpc) is 3.11. The van der Waals surface area contributed by atoms with Crippen molar-refractivity contribution in [3.8, 4) is 0 Å². The van der Waals surface area contributed by atoms with E-state index in [2.05, 4.69) is 14.9 Å². The van der Waals surface area contributed by atoms with Crippen LogP contribution in [-0.2, 0) is 13.0 Å². The molecule has 1 aliphatic heterocycles. The van der Waals surface area contributed by atoms with Gasteiger partial charge in [-0.25, -0.2) is 0 Å². The quantitative estimate of drug-likeness (QED) is 0.837. The Morgan fingerprint density at radius 1 is 1.25 bits per heavy atom. The van der Waals surface area contributed by atoms with Crippen molar-refractivity contribution in [3.05, 3.63) is 46.2 Å². The van der Waals surface area contributed by atoms with Crippen molar-refractivity contribution in [2.45, 2.75) is 25.8 Å². The molecule has 0 bridgehead atoms. The number of likely N-dealkylation sites (tertiary alicyclic amines) is 1. The zero-order valence-corrected chi connectivity index (χ0v) is 15.1. The Labute approximate surface area is 147 Å². The summed E-state index contributed by atoms with van der Waals surface area (Å²) in [6, 6.07) is 1.91. The summed E-state index contributed by atoms with van der Waals surface area (Å²) in [5.41, 5.74) is 2.88. The van der Waals surface area contributed by atoms with E-state index in [1.807, 2.05) is 48.2 Å². The first-order chi connectivity index (χ1) is 11.6. The lowest BCUT2D eigenvalue weighted by Gasteiger charge is -2.31. The predicted octanol–water partition coefficient (Wildman–Crippen LogP) is 2.69. The fourth-order valence-electron chi connectivity index (χ4n) is 3.10. The van der Waals surface area contributed by atoms with Gasteiger partial charge in [-0.05, 0) is 50.7 Å². The van der Waals surface area contributed by atoms with Crippen molar-refractivity contribution in [1.82, 2.24) is 19.8 Å². The van der Waals surface area contributed by atoms with Crippen LogP contribution in [0.15, 0.2) is 29.2 Å². The largest absolute Gasteiger partial charge is 0.339 e. The number of hydrogen-bond donors (Lipinski definition) is 0. The highest BCUT2D eigenvalue weighted by Gasteiger charge is 2.24. The van der Waals surface area contributed by atoms with Gasteiger partial charge in [-0.1, -0.05) is 0 Å². The fraction of sp³-hybridized carbons (Fsp3) is 0.500. The second kappa shape index (κ2) is 7.85. The van der Waals surface area contributed by atoms with Gasteiger partial charge in [-0.3, -0.25) is 14.8 Å². The van der Waals surface area contributed by atoms with Crippen LogP contribution in [0, 0.1) is 5.92 Å². The second-order valence-electron chi connectivity index (χ2n) is 6.69. The van der Waals surface area contributed by atoms with Crippen LogP contribution < -0.4 is 0 Å². The van der Waals surface area contributed by atoms with Gasteiger partial charge in [0.15, 0.2) is 0 Å². The van der Waals surface area contributed by atoms with Crippen LogP contribution in [0.4, 0.5) is 0 Å². The molecule has 2 aromatic heterocycles. The van der Waals surface area contributed by atoms with E-state index in [1.165, 1.54) is 0 Å². The number of hydrogen-bond acceptors (Lipinski definition) is 5. The monoisotopic (exact) mass is 344 g/mol. The summed E-state index contributed by atoms with van der Waals surface area (Å²) in [6.45, 7) is 2.49. The van der Waals surface area contributed by atoms with Crippen molar-refractivity contribution in [1.29, 1.82) is 0 Å². The lowest BCUT2D eigenvalue weighted by molar-refractivity contribution is 0.0690. The van der Waals surface area contributed by atoms with E-state index in [0.29, 0.717) is 5.92 Å². The van der Waals surface area contributed by atoms with Crippen molar-refractivity contribution >= 4 is 17.2 Å². The third-order valence-electron chi connectivity index (χ3n) is 4.40. The van der Waals surface area contributed by atoms with Gasteiger partial charge in [-0.2, -0.15) is 11.3 Å². The highest BCUT2D eigenvalue weighted by atomic mass is 32.1. The minimum atomic E-state index is 0.169. The van der Waals surface area contributed by atoms with E-state index in [-0.39, 0.29) is 5.91 Å². The Kier molecular flexibility index (Phi) is 5.58. The summed E-state index contributed by atoms with van der Waals surface area (Å²) in [5.74, 6) is 0.757. The first-order valence-corrected chi connectivity index (χ1v) is 9.32. The molecular formula is C18H24N4OS. The molecule has 1 saturated heterocycles. The zero-order chi connectivity index (χ0) is 16.9. The van der Waals surface area contributed by atoms with E-state index in [1.54, 1.807) is 11.3 Å². The molecule has 0 aromatic carbocycles. The maximum absolute atomic E-state index is 12.4. The Morgan fingerprint density at radius 3 is 2.54 bits per heavy atom. The maximum Gasteiger partial charge on any atom is 0.254 e. The van der Waals surface area contributed by atoms with Gasteiger partial charge in [0.05, 0.1) is 23.1 Å². The van der Waals surface area contributed by atoms with Gasteiger partial charge < -0.3 is 9.80 Å². The zero-order valence-electron chi connectivity index (χ0n) is 14.3. The van der Waals surface area contributed by atoms with E-state index < -0.39 is 0 Å². The lowest BCUT2D eigenvalue weighted by atomic mass is 9.92. The van der Waals surface area contributed by atoms with Crippen molar-refractivity contribution < 1.29 is 4.79 Å². The molecule has 0 atom stereocenters. The third-order valence-corrected chi connectivity index (χ3v) is 5.09. The molecule has 0 N–H and O–H groups in total. The van der Waals surface area contributed by atoms with E-state index in [4.69, 9.17) is 0 Å². The van der Waals surface area contributed by atoms with Crippen LogP contribution in [0.2, 0.25) is 0 Å². The third kappa shape index (κ3) is 4.39. The summed E-state index contributed by atoms with van der Waals surface area (Å²) in [4.78, 5) is 25.5. The van der Waals surface area contributed by atoms with Gasteiger partial charge in [0, 0.05) is 31.2 Å². The number of aromatic nitrogens is 2. The maximum atomic E-state index is 12.4. The molecule has 6 heteroatoms. The summed E-state index contributed by atoms with van der Waals surface area (Å²) in [5, 5.41) is 3.89. The smallest absolute Gasteiger partial charge is 0.254 e. The Morgan fingerprint density at radius 2 is 1.96 bits per heavy atom. The molecule has 0 spiro atoms. The van der Waals surface area contributed by atoms with Crippen LogP contribution in [0.3, 0.4) is 0 Å². The molecule has 1 amide bonds. The minimum Gasteiger partial charge on any atom is -0.339 e. The molecule has 24 heavy (non-hydrogen) atoms. The summed E-state index contributed by atoms with van der Waals surface area (Å²) < 4.78 is 0. The average molecular weight is 344 g/mol. The standard InChI is InChI=1S/C18H24N4OS/c1-21(2)12-17-11-19-16(10-20-17)9-14-3-6-22(7-4-14)18(23)15-5-8-24-13-15/h5,8,10-11,13-14H,3-4,6-7,9,12H2,1-2H3. The normalized spacial score (nSPS) is 15.9. The van der Waals surface area contributed by atoms with Crippen LogP contribution in [0.25, 0.3) is 0 Å². The first-order valence-electron chi connectivity index (χ1n) is 8.38. The first kappa shape index (κ1) is 17.0. The summed E-state index contributed by atoms with van der Waals surface area (Å²) in [7, 11) is 4.06. The van der Waals surface area contributed by atoms with Crippen molar-refractivity contribution in [3.63, 3.8) is 0 Å². The number of carbonyl (C=O) groups excluding carboxylic acids is 1. The number of amides is 1. The Hall–Kier alpha value is -1.79. The van der Waals surface area contributed by atoms with E-state index >= 15 is 0 Å². The minimum absolute atomic E-state index is 0.169. The molecule has 0 saturated carbocycles. The molecule has 1 aliphatic rings. The molecule has 0 radical (unpaired) electrons. The molecule has 2 aromatic rings. The van der Waals surface area contributed by atoms with Gasteiger partial charge >= 0.3 is 0 Å². The van der Waals surface area contributed by atoms with E-state index in [0.717, 1.165) is 55.8 Å². The topological polar surface area (TPSA) is 49.3 Å². The summed E-state index contributed by atoms with van der Waals surface area (Å²) in [6.07, 6.45) is 6.82. The predicted molar refractivity (Wildman–Crippen MR) is 96.1 cm³/mol. The van der Waals surface area contributed by atoms with Crippen LogP contribution in [-0.4, -0.2) is 52.9 Å². The fourth-order valence-corrected chi connectivity index (χ4v) is 3.73. The van der Waals surface area contributed by atoms with Crippen LogP contribution in [0.1, 0.15) is 34.6 Å². The van der Waals surface area contributed by atoms with Crippen molar-refractivity contribution in [2.24, 2.45) is 5.92 Å². The Balaban J connectivity index is 1.49. The molecule has 0 unspecified atom stereocenters. The molecule has 1 fully saturated rings. The number of rotatable bonds is 5. The number of carbonyl (C=O) groups is 1. The SMILES string of the molecule is CN(C)Cc1cnc(CC2CCN(C(=O)c3ccsc3)CC2)cn1. The lowest BCUT2D eigenvalue weighted by Crippen LogP contribution is -2.38. The van der Waals surface area contributed by atoms with E-state index in [9.17, 15) is 4.79 Å².